The first-order valence-electron chi connectivity index (χ1n) is 5.50. The van der Waals surface area contributed by atoms with Gasteiger partial charge in [0.05, 0.1) is 5.69 Å². The molecular formula is C12H17N3S. The van der Waals surface area contributed by atoms with E-state index in [4.69, 9.17) is 5.73 Å². The maximum absolute atomic E-state index is 5.65. The molecule has 0 aliphatic carbocycles. The Bertz CT molecular complexity index is 445. The largest absolute Gasteiger partial charge is 0.367 e. The first kappa shape index (κ1) is 11.4. The van der Waals surface area contributed by atoms with Gasteiger partial charge in [-0.05, 0) is 31.9 Å². The molecule has 2 rings (SSSR count). The van der Waals surface area contributed by atoms with Gasteiger partial charge in [0.15, 0.2) is 0 Å². The zero-order valence-corrected chi connectivity index (χ0v) is 10.5. The van der Waals surface area contributed by atoms with E-state index in [1.807, 2.05) is 12.4 Å². The summed E-state index contributed by atoms with van der Waals surface area (Å²) in [5.74, 6) is 0.526. The molecule has 3 nitrogen and oxygen atoms in total. The molecule has 2 heterocycles. The number of thiazole rings is 1. The second kappa shape index (κ2) is 4.80. The number of hydrogen-bond acceptors (Lipinski definition) is 3. The van der Waals surface area contributed by atoms with Crippen LogP contribution in [-0.2, 0) is 6.42 Å². The van der Waals surface area contributed by atoms with Gasteiger partial charge in [0, 0.05) is 22.8 Å². The van der Waals surface area contributed by atoms with Crippen LogP contribution in [0.3, 0.4) is 0 Å². The highest BCUT2D eigenvalue weighted by molar-refractivity contribution is 7.15. The highest BCUT2D eigenvalue weighted by Gasteiger charge is 2.11. The van der Waals surface area contributed by atoms with Gasteiger partial charge in [0.2, 0.25) is 0 Å². The van der Waals surface area contributed by atoms with E-state index in [1.54, 1.807) is 11.3 Å². The lowest BCUT2D eigenvalue weighted by molar-refractivity contribution is 0.596. The summed E-state index contributed by atoms with van der Waals surface area (Å²) < 4.78 is 0. The number of nitrogens with one attached hydrogen (secondary N) is 1. The standard InChI is InChI=1S/C12H17N3S/c1-8(6-13)5-11-9(2)15-12(16-11)10-3-4-14-7-10/h3-4,7-8,14H,5-6,13H2,1-2H3. The summed E-state index contributed by atoms with van der Waals surface area (Å²) in [4.78, 5) is 9.01. The molecule has 0 aliphatic rings. The van der Waals surface area contributed by atoms with E-state index in [-0.39, 0.29) is 0 Å². The van der Waals surface area contributed by atoms with E-state index >= 15 is 0 Å². The van der Waals surface area contributed by atoms with E-state index in [2.05, 4.69) is 29.9 Å². The Kier molecular flexibility index (Phi) is 3.41. The molecule has 0 amide bonds. The Morgan fingerprint density at radius 3 is 3.00 bits per heavy atom. The number of nitrogens with zero attached hydrogens (tertiary/aromatic N) is 1. The van der Waals surface area contributed by atoms with Gasteiger partial charge in [-0.1, -0.05) is 6.92 Å². The fourth-order valence-electron chi connectivity index (χ4n) is 1.60. The van der Waals surface area contributed by atoms with Crippen LogP contribution in [0.4, 0.5) is 0 Å². The van der Waals surface area contributed by atoms with Crippen LogP contribution in [0, 0.1) is 12.8 Å². The van der Waals surface area contributed by atoms with Crippen LogP contribution in [0.15, 0.2) is 18.5 Å². The van der Waals surface area contributed by atoms with Crippen LogP contribution in [-0.4, -0.2) is 16.5 Å². The fraction of sp³-hybridized carbons (Fsp3) is 0.417. The van der Waals surface area contributed by atoms with E-state index in [9.17, 15) is 0 Å². The minimum absolute atomic E-state index is 0.526. The van der Waals surface area contributed by atoms with Crippen molar-refractivity contribution in [2.75, 3.05) is 6.54 Å². The van der Waals surface area contributed by atoms with E-state index < -0.39 is 0 Å². The minimum Gasteiger partial charge on any atom is -0.367 e. The van der Waals surface area contributed by atoms with Crippen LogP contribution in [0.25, 0.3) is 10.6 Å². The van der Waals surface area contributed by atoms with Crippen molar-refractivity contribution in [3.8, 4) is 10.6 Å². The molecular weight excluding hydrogens is 218 g/mol. The molecule has 0 aromatic carbocycles. The monoisotopic (exact) mass is 235 g/mol. The summed E-state index contributed by atoms with van der Waals surface area (Å²) >= 11 is 1.77. The highest BCUT2D eigenvalue weighted by Crippen LogP contribution is 2.28. The van der Waals surface area contributed by atoms with Crippen LogP contribution < -0.4 is 5.73 Å². The third-order valence-electron chi connectivity index (χ3n) is 2.67. The van der Waals surface area contributed by atoms with Gasteiger partial charge in [-0.15, -0.1) is 11.3 Å². The zero-order chi connectivity index (χ0) is 11.5. The summed E-state index contributed by atoms with van der Waals surface area (Å²) in [5, 5.41) is 1.10. The molecule has 2 aromatic rings. The van der Waals surface area contributed by atoms with Crippen molar-refractivity contribution in [1.82, 2.24) is 9.97 Å². The average molecular weight is 235 g/mol. The number of aromatic nitrogens is 2. The molecule has 1 atom stereocenters. The molecule has 16 heavy (non-hydrogen) atoms. The number of H-pyrrole nitrogens is 1. The zero-order valence-electron chi connectivity index (χ0n) is 9.66. The van der Waals surface area contributed by atoms with Crippen molar-refractivity contribution in [2.24, 2.45) is 11.7 Å². The lowest BCUT2D eigenvalue weighted by Crippen LogP contribution is -2.12. The predicted octanol–water partition coefficient (Wildman–Crippen LogP) is 2.58. The molecule has 2 aromatic heterocycles. The van der Waals surface area contributed by atoms with Crippen molar-refractivity contribution < 1.29 is 0 Å². The Balaban J connectivity index is 2.22. The average Bonchev–Trinajstić information content (AvgIpc) is 2.88. The van der Waals surface area contributed by atoms with Gasteiger partial charge < -0.3 is 10.7 Å². The van der Waals surface area contributed by atoms with E-state index in [0.29, 0.717) is 5.92 Å². The van der Waals surface area contributed by atoms with Gasteiger partial charge in [0.25, 0.3) is 0 Å². The molecule has 0 aliphatic heterocycles. The van der Waals surface area contributed by atoms with Crippen molar-refractivity contribution in [3.05, 3.63) is 29.0 Å². The van der Waals surface area contributed by atoms with Crippen molar-refractivity contribution in [1.29, 1.82) is 0 Å². The topological polar surface area (TPSA) is 54.7 Å². The third-order valence-corrected chi connectivity index (χ3v) is 3.90. The Hall–Kier alpha value is -1.13. The lowest BCUT2D eigenvalue weighted by Gasteiger charge is -2.05. The summed E-state index contributed by atoms with van der Waals surface area (Å²) in [6.45, 7) is 4.98. The molecule has 1 unspecified atom stereocenters. The molecule has 4 heteroatoms. The van der Waals surface area contributed by atoms with Gasteiger partial charge in [-0.3, -0.25) is 0 Å². The van der Waals surface area contributed by atoms with Gasteiger partial charge >= 0.3 is 0 Å². The first-order chi connectivity index (χ1) is 7.70. The maximum Gasteiger partial charge on any atom is 0.125 e. The quantitative estimate of drug-likeness (QED) is 0.855. The van der Waals surface area contributed by atoms with E-state index in [1.165, 1.54) is 10.4 Å². The van der Waals surface area contributed by atoms with Gasteiger partial charge in [-0.25, -0.2) is 4.98 Å². The van der Waals surface area contributed by atoms with Crippen molar-refractivity contribution in [3.63, 3.8) is 0 Å². The van der Waals surface area contributed by atoms with Crippen LogP contribution in [0.2, 0.25) is 0 Å². The predicted molar refractivity (Wildman–Crippen MR) is 68.6 cm³/mol. The number of aryl methyl sites for hydroxylation is 1. The molecule has 3 N–H and O–H groups in total. The normalized spacial score (nSPS) is 12.9. The third kappa shape index (κ3) is 2.33. The SMILES string of the molecule is Cc1nc(-c2cc[nH]c2)sc1CC(C)CN. The first-order valence-corrected chi connectivity index (χ1v) is 6.32. The maximum atomic E-state index is 5.65. The van der Waals surface area contributed by atoms with E-state index in [0.717, 1.165) is 23.7 Å². The Labute approximate surface area is 99.7 Å². The molecule has 0 saturated carbocycles. The van der Waals surface area contributed by atoms with Gasteiger partial charge in [-0.2, -0.15) is 0 Å². The second-order valence-electron chi connectivity index (χ2n) is 4.17. The molecule has 0 radical (unpaired) electrons. The number of rotatable bonds is 4. The number of aromatic amines is 1. The lowest BCUT2D eigenvalue weighted by atomic mass is 10.1. The molecule has 0 spiro atoms. The van der Waals surface area contributed by atoms with Crippen molar-refractivity contribution in [2.45, 2.75) is 20.3 Å². The highest BCUT2D eigenvalue weighted by atomic mass is 32.1. The molecule has 0 fully saturated rings. The number of hydrogen-bond donors (Lipinski definition) is 2. The Morgan fingerprint density at radius 2 is 2.38 bits per heavy atom. The summed E-state index contributed by atoms with van der Waals surface area (Å²) in [7, 11) is 0. The second-order valence-corrected chi connectivity index (χ2v) is 5.26. The summed E-state index contributed by atoms with van der Waals surface area (Å²) in [6.07, 6.45) is 4.94. The Morgan fingerprint density at radius 1 is 1.56 bits per heavy atom. The van der Waals surface area contributed by atoms with Crippen LogP contribution in [0.1, 0.15) is 17.5 Å². The minimum atomic E-state index is 0.526. The smallest absolute Gasteiger partial charge is 0.125 e. The summed E-state index contributed by atoms with van der Waals surface area (Å²) in [6, 6.07) is 2.05. The van der Waals surface area contributed by atoms with Gasteiger partial charge in [0.1, 0.15) is 5.01 Å². The number of nitrogens with two attached hydrogens (primary N) is 1. The van der Waals surface area contributed by atoms with Crippen LogP contribution >= 0.6 is 11.3 Å². The molecule has 0 bridgehead atoms. The molecule has 86 valence electrons. The van der Waals surface area contributed by atoms with Crippen LogP contribution in [0.5, 0.6) is 0 Å². The van der Waals surface area contributed by atoms with Crippen molar-refractivity contribution >= 4 is 11.3 Å². The summed E-state index contributed by atoms with van der Waals surface area (Å²) in [5.41, 5.74) is 7.96. The fourth-order valence-corrected chi connectivity index (χ4v) is 2.82. The molecule has 0 saturated heterocycles.